The van der Waals surface area contributed by atoms with Gasteiger partial charge in [-0.3, -0.25) is 4.79 Å². The second kappa shape index (κ2) is 13.8. The summed E-state index contributed by atoms with van der Waals surface area (Å²) in [7, 11) is 0. The number of nitrogens with zero attached hydrogens (tertiary/aromatic N) is 1. The van der Waals surface area contributed by atoms with Crippen molar-refractivity contribution in [3.8, 4) is 28.7 Å². The van der Waals surface area contributed by atoms with Gasteiger partial charge in [-0.2, -0.15) is 5.26 Å². The lowest BCUT2D eigenvalue weighted by molar-refractivity contribution is -0.118. The summed E-state index contributed by atoms with van der Waals surface area (Å²) in [6.45, 7) is 5.06. The van der Waals surface area contributed by atoms with Crippen LogP contribution in [0.2, 0.25) is 0 Å². The summed E-state index contributed by atoms with van der Waals surface area (Å²) in [5.74, 6) is 1.46. The number of unbranched alkanes of at least 4 members (excludes halogenated alkanes) is 1. The summed E-state index contributed by atoms with van der Waals surface area (Å²) in [6.07, 6.45) is 2.61. The van der Waals surface area contributed by atoms with Crippen LogP contribution in [0.15, 0.2) is 91.0 Å². The maximum Gasteiger partial charge on any atom is 0.216 e. The molecule has 198 valence electrons. The standard InChI is InChI=1S/C34H34N2O3/c1-25-30(16-10-17-33(25)27-11-4-3-5-12-27)23-38-32-19-18-28(13-8-9-20-36-26(2)37)34(21-32)39-24-31-15-7-6-14-29(31)22-35/h3-7,10-12,14-19,21H,8-9,13,20,23-24H2,1-2H3,(H,36,37). The van der Waals surface area contributed by atoms with Gasteiger partial charge >= 0.3 is 0 Å². The average Bonchev–Trinajstić information content (AvgIpc) is 2.96. The van der Waals surface area contributed by atoms with Crippen LogP contribution in [-0.2, 0) is 24.4 Å². The van der Waals surface area contributed by atoms with Crippen LogP contribution >= 0.6 is 0 Å². The summed E-state index contributed by atoms with van der Waals surface area (Å²) in [5, 5.41) is 12.3. The zero-order valence-corrected chi connectivity index (χ0v) is 22.6. The number of nitriles is 1. The Bertz CT molecular complexity index is 1440. The van der Waals surface area contributed by atoms with Crippen LogP contribution in [-0.4, -0.2) is 12.5 Å². The van der Waals surface area contributed by atoms with Crippen LogP contribution in [0.3, 0.4) is 0 Å². The minimum atomic E-state index is -0.0128. The lowest BCUT2D eigenvalue weighted by atomic mass is 9.97. The van der Waals surface area contributed by atoms with E-state index in [4.69, 9.17) is 9.47 Å². The number of hydrogen-bond acceptors (Lipinski definition) is 4. The molecule has 4 aromatic carbocycles. The molecule has 1 N–H and O–H groups in total. The molecule has 0 bridgehead atoms. The third-order valence-corrected chi connectivity index (χ3v) is 6.73. The van der Waals surface area contributed by atoms with Crippen molar-refractivity contribution in [1.29, 1.82) is 5.26 Å². The normalized spacial score (nSPS) is 10.5. The third kappa shape index (κ3) is 7.72. The molecule has 4 rings (SSSR count). The highest BCUT2D eigenvalue weighted by atomic mass is 16.5. The van der Waals surface area contributed by atoms with Gasteiger partial charge < -0.3 is 14.8 Å². The molecule has 0 aliphatic rings. The summed E-state index contributed by atoms with van der Waals surface area (Å²) >= 11 is 0. The molecule has 0 fully saturated rings. The summed E-state index contributed by atoms with van der Waals surface area (Å²) in [6, 6.07) is 32.4. The molecular weight excluding hydrogens is 484 g/mol. The molecule has 0 atom stereocenters. The Kier molecular flexibility index (Phi) is 9.74. The Morgan fingerprint density at radius 1 is 0.821 bits per heavy atom. The van der Waals surface area contributed by atoms with Gasteiger partial charge in [-0.25, -0.2) is 0 Å². The topological polar surface area (TPSA) is 71.3 Å². The number of nitrogens with one attached hydrogen (secondary N) is 1. The van der Waals surface area contributed by atoms with Crippen LogP contribution in [0.25, 0.3) is 11.1 Å². The number of aryl methyl sites for hydroxylation is 1. The zero-order chi connectivity index (χ0) is 27.5. The minimum absolute atomic E-state index is 0.0128. The average molecular weight is 519 g/mol. The van der Waals surface area contributed by atoms with Crippen molar-refractivity contribution in [2.45, 2.75) is 46.3 Å². The first kappa shape index (κ1) is 27.5. The van der Waals surface area contributed by atoms with Crippen LogP contribution in [0.5, 0.6) is 11.5 Å². The Labute approximate surface area is 231 Å². The monoisotopic (exact) mass is 518 g/mol. The lowest BCUT2D eigenvalue weighted by Gasteiger charge is -2.16. The van der Waals surface area contributed by atoms with E-state index in [2.05, 4.69) is 60.8 Å². The van der Waals surface area contributed by atoms with Crippen LogP contribution < -0.4 is 14.8 Å². The highest BCUT2D eigenvalue weighted by molar-refractivity contribution is 5.72. The van der Waals surface area contributed by atoms with Gasteiger partial charge in [-0.05, 0) is 66.1 Å². The number of ether oxygens (including phenoxy) is 2. The van der Waals surface area contributed by atoms with Gasteiger partial charge in [0.2, 0.25) is 5.91 Å². The molecule has 0 saturated heterocycles. The SMILES string of the molecule is CC(=O)NCCCCc1ccc(OCc2cccc(-c3ccccc3)c2C)cc1OCc1ccccc1C#N. The Balaban J connectivity index is 1.49. The van der Waals surface area contributed by atoms with Crippen molar-refractivity contribution in [1.82, 2.24) is 5.32 Å². The Morgan fingerprint density at radius 3 is 2.36 bits per heavy atom. The minimum Gasteiger partial charge on any atom is -0.489 e. The fourth-order valence-corrected chi connectivity index (χ4v) is 4.51. The first-order chi connectivity index (χ1) is 19.0. The third-order valence-electron chi connectivity index (χ3n) is 6.73. The van der Waals surface area contributed by atoms with E-state index in [1.54, 1.807) is 6.07 Å². The van der Waals surface area contributed by atoms with Gasteiger partial charge in [-0.15, -0.1) is 0 Å². The number of carbonyl (C=O) groups excluding carboxylic acids is 1. The quantitative estimate of drug-likeness (QED) is 0.202. The molecule has 0 aromatic heterocycles. The molecule has 39 heavy (non-hydrogen) atoms. The predicted molar refractivity (Wildman–Crippen MR) is 154 cm³/mol. The van der Waals surface area contributed by atoms with Crippen molar-refractivity contribution < 1.29 is 14.3 Å². The molecule has 1 amide bonds. The number of rotatable bonds is 12. The second-order valence-corrected chi connectivity index (χ2v) is 9.51. The van der Waals surface area contributed by atoms with E-state index >= 15 is 0 Å². The molecular formula is C34H34N2O3. The Hall–Kier alpha value is -4.56. The number of hydrogen-bond donors (Lipinski definition) is 1. The van der Waals surface area contributed by atoms with E-state index in [1.807, 2.05) is 42.5 Å². The predicted octanol–water partition coefficient (Wildman–Crippen LogP) is 7.15. The highest BCUT2D eigenvalue weighted by Gasteiger charge is 2.11. The van der Waals surface area contributed by atoms with Gasteiger partial charge in [0.15, 0.2) is 0 Å². The molecule has 0 radical (unpaired) electrons. The molecule has 0 heterocycles. The Morgan fingerprint density at radius 2 is 1.56 bits per heavy atom. The zero-order valence-electron chi connectivity index (χ0n) is 22.6. The van der Waals surface area contributed by atoms with Crippen molar-refractivity contribution in [3.05, 3.63) is 119 Å². The molecule has 0 unspecified atom stereocenters. The smallest absolute Gasteiger partial charge is 0.216 e. The van der Waals surface area contributed by atoms with Gasteiger partial charge in [0.25, 0.3) is 0 Å². The lowest BCUT2D eigenvalue weighted by Crippen LogP contribution is -2.20. The van der Waals surface area contributed by atoms with Crippen LogP contribution in [0.1, 0.15) is 47.6 Å². The van der Waals surface area contributed by atoms with Gasteiger partial charge in [-0.1, -0.05) is 72.8 Å². The van der Waals surface area contributed by atoms with Crippen molar-refractivity contribution >= 4 is 5.91 Å². The fraction of sp³-hybridized carbons (Fsp3) is 0.235. The van der Waals surface area contributed by atoms with E-state index in [-0.39, 0.29) is 5.91 Å². The first-order valence-electron chi connectivity index (χ1n) is 13.3. The number of benzene rings is 4. The van der Waals surface area contributed by atoms with Crippen molar-refractivity contribution in [3.63, 3.8) is 0 Å². The van der Waals surface area contributed by atoms with Crippen molar-refractivity contribution in [2.75, 3.05) is 6.54 Å². The molecule has 0 aliphatic carbocycles. The maximum atomic E-state index is 11.1. The molecule has 0 aliphatic heterocycles. The molecule has 5 heteroatoms. The van der Waals surface area contributed by atoms with E-state index < -0.39 is 0 Å². The van der Waals surface area contributed by atoms with Crippen LogP contribution in [0, 0.1) is 18.3 Å². The maximum absolute atomic E-state index is 11.1. The fourth-order valence-electron chi connectivity index (χ4n) is 4.51. The summed E-state index contributed by atoms with van der Waals surface area (Å²) in [5.41, 5.74) is 7.24. The molecule has 0 saturated carbocycles. The molecule has 0 spiro atoms. The molecule has 4 aromatic rings. The van der Waals surface area contributed by atoms with E-state index in [0.29, 0.717) is 25.3 Å². The summed E-state index contributed by atoms with van der Waals surface area (Å²) < 4.78 is 12.5. The second-order valence-electron chi connectivity index (χ2n) is 9.51. The van der Waals surface area contributed by atoms with E-state index in [1.165, 1.54) is 23.6 Å². The highest BCUT2D eigenvalue weighted by Crippen LogP contribution is 2.30. The number of amides is 1. The molecule has 5 nitrogen and oxygen atoms in total. The van der Waals surface area contributed by atoms with E-state index in [0.717, 1.165) is 47.5 Å². The van der Waals surface area contributed by atoms with Gasteiger partial charge in [0.05, 0.1) is 11.6 Å². The van der Waals surface area contributed by atoms with Crippen LogP contribution in [0.4, 0.5) is 0 Å². The van der Waals surface area contributed by atoms with E-state index in [9.17, 15) is 10.1 Å². The largest absolute Gasteiger partial charge is 0.489 e. The van der Waals surface area contributed by atoms with Gasteiger partial charge in [0, 0.05) is 25.1 Å². The number of carbonyl (C=O) groups is 1. The first-order valence-corrected chi connectivity index (χ1v) is 13.3. The van der Waals surface area contributed by atoms with Crippen molar-refractivity contribution in [2.24, 2.45) is 0 Å². The van der Waals surface area contributed by atoms with Gasteiger partial charge in [0.1, 0.15) is 24.7 Å². The summed E-state index contributed by atoms with van der Waals surface area (Å²) in [4.78, 5) is 11.1.